The number of carboxylic acid groups (broad SMARTS) is 2. The monoisotopic (exact) mass is 1930 g/mol. The molecule has 3 aliphatic heterocycles. The fourth-order valence-electron chi connectivity index (χ4n) is 16.1. The van der Waals surface area contributed by atoms with E-state index in [1.807, 2.05) is 0 Å². The molecule has 0 aliphatic carbocycles. The van der Waals surface area contributed by atoms with Gasteiger partial charge < -0.3 is 114 Å². The molecule has 0 bridgehead atoms. The molecule has 4 heterocycles. The van der Waals surface area contributed by atoms with Crippen LogP contribution >= 0.6 is 11.8 Å². The molecule has 137 heavy (non-hydrogen) atoms. The number of aromatic amines is 1. The van der Waals surface area contributed by atoms with Crippen LogP contribution in [0, 0.1) is 29.2 Å². The second-order valence-corrected chi connectivity index (χ2v) is 35.1. The summed E-state index contributed by atoms with van der Waals surface area (Å²) in [5.74, 6) is -30.2. The summed E-state index contributed by atoms with van der Waals surface area (Å²) >= 11 is 0.547. The van der Waals surface area contributed by atoms with Crippen molar-refractivity contribution in [3.63, 3.8) is 0 Å². The van der Waals surface area contributed by atoms with Gasteiger partial charge in [-0.3, -0.25) is 86.3 Å². The number of likely N-dealkylation sites (N-methyl/N-ethyl adjacent to an activating group) is 3. The number of primary amides is 2. The van der Waals surface area contributed by atoms with Gasteiger partial charge in [0.2, 0.25) is 94.5 Å². The van der Waals surface area contributed by atoms with Crippen molar-refractivity contribution in [1.29, 1.82) is 0 Å². The van der Waals surface area contributed by atoms with E-state index in [9.17, 15) is 72.4 Å². The predicted molar refractivity (Wildman–Crippen MR) is 483 cm³/mol. The number of ether oxygens (including phenoxy) is 1. The van der Waals surface area contributed by atoms with Crippen LogP contribution in [0.3, 0.4) is 0 Å². The number of nitrogens with one attached hydrogen (secondary N) is 10. The number of halogens is 4. The molecule has 45 heteroatoms. The highest BCUT2D eigenvalue weighted by atomic mass is 32.2. The Labute approximate surface area is 788 Å². The van der Waals surface area contributed by atoms with Gasteiger partial charge in [-0.2, -0.15) is 0 Å². The lowest BCUT2D eigenvalue weighted by molar-refractivity contribution is -0.152. The minimum atomic E-state index is -2.10. The van der Waals surface area contributed by atoms with Gasteiger partial charge in [-0.25, -0.2) is 17.6 Å². The van der Waals surface area contributed by atoms with Crippen molar-refractivity contribution in [1.82, 2.24) is 77.3 Å². The third-order valence-corrected chi connectivity index (χ3v) is 24.6. The summed E-state index contributed by atoms with van der Waals surface area (Å²) in [5.41, 5.74) is 12.3. The number of aliphatic carboxylic acids is 2. The van der Waals surface area contributed by atoms with Crippen molar-refractivity contribution in [3.8, 4) is 5.75 Å². The standard InChI is InChI=1S/C92H113F4N17O23S/c1-7-8-18-68-91(134)113-44-56(115)40-70(113)86(129)106-65(41-77(121)122)84(127)108-79(48(2)3)92(135)110(5)69(37-49-14-10-9-11-15-49)85(128)103-62(28-30-76(119)120)89(132)112-31-32-136-45-72(112)87(130)105-64(39-53-42-99-60-17-13-12-16-57(53)60)83(126)104-63(35-50-21-25-55(114)26-22-50)82(125)102-61(27-29-73(97)116)81(124)107-67(80(123)100-43-74(98)117)46-137-47-75(118)101-66(36-52-33-58(94)78(96)59(95)34-52)88(131)111(6)71(90(133)109(68)4)38-51-19-23-54(93)24-20-51/h9-17,19-26,33-34,42,48,56,61-72,79,99,114-115H,7-8,18,27-32,35-41,43-47H2,1-6H3,(H2,97,116)(H2,98,117)(H,100,123)(H,101,118)(H,102,125)(H,103,128)(H,104,126)(H,105,130)(H,106,129)(H,107,124)(H,108,127)(H,119,120)(H,121,122)/t56-,61+,62+,63+,64-,65+,66+,67+,68+,69+,70-,71+,72-,79-/m1/s1. The third-order valence-electron chi connectivity index (χ3n) is 23.6. The number of carbonyl (C=O) groups is 18. The van der Waals surface area contributed by atoms with Gasteiger partial charge in [0.1, 0.15) is 90.1 Å². The zero-order chi connectivity index (χ0) is 100. The molecule has 6 aromatic rings. The first kappa shape index (κ1) is 107. The molecule has 738 valence electrons. The number of phenols is 1. The predicted octanol–water partition coefficient (Wildman–Crippen LogP) is -0.709. The van der Waals surface area contributed by atoms with E-state index in [-0.39, 0.29) is 42.7 Å². The maximum atomic E-state index is 15.7. The average Bonchev–Trinajstić information content (AvgIpc) is 1.73. The minimum Gasteiger partial charge on any atom is -0.508 e. The number of carbonyl (C=O) groups excluding carboxylic acids is 16. The van der Waals surface area contributed by atoms with Crippen LogP contribution in [-0.4, -0.2) is 307 Å². The van der Waals surface area contributed by atoms with Gasteiger partial charge in [0.15, 0.2) is 17.5 Å². The lowest BCUT2D eigenvalue weighted by Gasteiger charge is -2.38. The van der Waals surface area contributed by atoms with E-state index < -0.39 is 328 Å². The molecule has 0 saturated carbocycles. The van der Waals surface area contributed by atoms with Crippen LogP contribution < -0.4 is 59.3 Å². The fraction of sp³-hybridized carbons (Fsp3) is 0.457. The topological polar surface area (TPSA) is 590 Å². The highest BCUT2D eigenvalue weighted by Crippen LogP contribution is 2.28. The Bertz CT molecular complexity index is 5390. The van der Waals surface area contributed by atoms with Gasteiger partial charge in [-0.15, -0.1) is 11.8 Å². The maximum absolute atomic E-state index is 15.7. The number of thioether (sulfide) groups is 1. The lowest BCUT2D eigenvalue weighted by atomic mass is 9.98. The molecule has 9 rings (SSSR count). The van der Waals surface area contributed by atoms with Crippen molar-refractivity contribution < 1.29 is 129 Å². The number of hydrogen-bond acceptors (Lipinski definition) is 22. The highest BCUT2D eigenvalue weighted by Gasteiger charge is 2.48. The van der Waals surface area contributed by atoms with E-state index in [0.29, 0.717) is 52.3 Å². The second-order valence-electron chi connectivity index (χ2n) is 34.0. The van der Waals surface area contributed by atoms with Crippen molar-refractivity contribution in [2.75, 3.05) is 65.5 Å². The van der Waals surface area contributed by atoms with Crippen LogP contribution in [0.5, 0.6) is 5.75 Å². The lowest BCUT2D eigenvalue weighted by Crippen LogP contribution is -2.64. The number of nitrogens with two attached hydrogens (primary N) is 2. The van der Waals surface area contributed by atoms with Crippen LogP contribution in [0.25, 0.3) is 10.9 Å². The number of phenolic OH excluding ortho intramolecular Hbond substituents is 1. The number of aliphatic hydroxyl groups excluding tert-OH is 1. The Morgan fingerprint density at radius 1 is 0.533 bits per heavy atom. The molecule has 18 N–H and O–H groups in total. The Morgan fingerprint density at radius 2 is 1.09 bits per heavy atom. The van der Waals surface area contributed by atoms with Crippen LogP contribution in [0.15, 0.2) is 121 Å². The van der Waals surface area contributed by atoms with Crippen LogP contribution in [-0.2, 0) is 123 Å². The number of aromatic nitrogens is 1. The molecule has 16 amide bonds. The number of fused-ring (bicyclic) bond motifs is 3. The SMILES string of the molecule is CCCC[C@H]1C(=O)N2C[C@H](O)C[C@@H]2C(=O)N[C@@H](CC(=O)O)C(=O)N[C@H](C(C)C)C(=O)N(C)[C@@H](Cc2ccccc2)C(=O)N[C@@H](CCC(=O)O)C(=O)N2CCOC[C@@H]2C(=O)N[C@H](Cc2c[nH]c3ccccc23)C(=O)N[C@@H](Cc2ccc(O)cc2)C(=O)N[C@@H](CCC(N)=O)C(=O)N[C@H](C(=O)NCC(N)=O)CSCC(=O)N[C@@H](Cc2cc(F)c(F)c(F)c2)C(=O)N(C)[C@@H](Cc2ccc(F)cc2)C(=O)N1C. The Kier molecular flexibility index (Phi) is 38.8. The normalized spacial score (nSPS) is 23.8. The Hall–Kier alpha value is -14.1. The molecule has 3 fully saturated rings. The molecule has 3 aliphatic rings. The van der Waals surface area contributed by atoms with Gasteiger partial charge >= 0.3 is 11.9 Å². The van der Waals surface area contributed by atoms with Gasteiger partial charge in [0, 0.05) is 108 Å². The number of para-hydroxylation sites is 1. The number of aliphatic hydroxyl groups is 1. The first-order valence-electron chi connectivity index (χ1n) is 44.2. The van der Waals surface area contributed by atoms with Crippen LogP contribution in [0.4, 0.5) is 17.6 Å². The number of rotatable bonds is 25. The van der Waals surface area contributed by atoms with E-state index in [0.717, 1.165) is 57.8 Å². The molecule has 5 aromatic carbocycles. The van der Waals surface area contributed by atoms with Crippen molar-refractivity contribution in [3.05, 3.63) is 173 Å². The van der Waals surface area contributed by atoms with Gasteiger partial charge in [-0.05, 0) is 95.5 Å². The summed E-state index contributed by atoms with van der Waals surface area (Å²) in [6.07, 6.45) is -6.91. The molecule has 14 atom stereocenters. The summed E-state index contributed by atoms with van der Waals surface area (Å²) in [4.78, 5) is 270. The smallest absolute Gasteiger partial charge is 0.305 e. The molecule has 1 aromatic heterocycles. The average molecular weight is 1930 g/mol. The van der Waals surface area contributed by atoms with Crippen LogP contribution in [0.1, 0.15) is 106 Å². The number of benzene rings is 5. The summed E-state index contributed by atoms with van der Waals surface area (Å²) in [7, 11) is 3.38. The first-order valence-corrected chi connectivity index (χ1v) is 45.4. The zero-order valence-corrected chi connectivity index (χ0v) is 76.7. The maximum Gasteiger partial charge on any atom is 0.305 e. The molecule has 0 unspecified atom stereocenters. The molecular formula is C92H113F4N17O23S. The fourth-order valence-corrected chi connectivity index (χ4v) is 17.0. The first-order chi connectivity index (χ1) is 65.0. The minimum absolute atomic E-state index is 0.158. The summed E-state index contributed by atoms with van der Waals surface area (Å²) < 4.78 is 65.6. The molecule has 0 spiro atoms. The Morgan fingerprint density at radius 3 is 1.73 bits per heavy atom. The molecule has 40 nitrogen and oxygen atoms in total. The molecule has 3 saturated heterocycles. The number of hydrogen-bond donors (Lipinski definition) is 16. The second kappa shape index (κ2) is 49.9. The van der Waals surface area contributed by atoms with Gasteiger partial charge in [0.25, 0.3) is 0 Å². The number of carboxylic acids is 2. The Balaban J connectivity index is 1.15. The molecular weight excluding hydrogens is 1820 g/mol. The van der Waals surface area contributed by atoms with E-state index in [1.165, 1.54) is 56.4 Å². The largest absolute Gasteiger partial charge is 0.508 e. The quantitative estimate of drug-likeness (QED) is 0.0249. The number of morpholine rings is 1. The molecule has 0 radical (unpaired) electrons. The van der Waals surface area contributed by atoms with E-state index in [1.54, 1.807) is 61.5 Å². The number of H-pyrrole nitrogens is 1. The van der Waals surface area contributed by atoms with Gasteiger partial charge in [-0.1, -0.05) is 106 Å². The van der Waals surface area contributed by atoms with Crippen LogP contribution in [0.2, 0.25) is 0 Å². The number of unbranched alkanes of at least 4 members (excludes halogenated alkanes) is 1. The summed E-state index contributed by atoms with van der Waals surface area (Å²) in [6.45, 7) is 1.88. The van der Waals surface area contributed by atoms with Crippen molar-refractivity contribution >= 4 is 129 Å². The highest BCUT2D eigenvalue weighted by molar-refractivity contribution is 8.00. The summed E-state index contributed by atoms with van der Waals surface area (Å²) in [6, 6.07) is 1.85. The number of nitrogens with zero attached hydrogens (tertiary/aromatic N) is 5. The number of aromatic hydroxyl groups is 1. The summed E-state index contributed by atoms with van der Waals surface area (Å²) in [5, 5.41) is 65.2. The van der Waals surface area contributed by atoms with E-state index in [2.05, 4.69) is 52.8 Å². The zero-order valence-electron chi connectivity index (χ0n) is 75.9. The number of amides is 16. The third kappa shape index (κ3) is 29.9. The van der Waals surface area contributed by atoms with E-state index in [4.69, 9.17) is 16.2 Å². The van der Waals surface area contributed by atoms with E-state index >= 15 is 51.9 Å². The van der Waals surface area contributed by atoms with Crippen molar-refractivity contribution in [2.45, 2.75) is 195 Å². The van der Waals surface area contributed by atoms with Gasteiger partial charge in [0.05, 0.1) is 38.0 Å². The van der Waals surface area contributed by atoms with Crippen molar-refractivity contribution in [2.24, 2.45) is 17.4 Å².